The van der Waals surface area contributed by atoms with Gasteiger partial charge in [0.1, 0.15) is 5.82 Å². The fourth-order valence-corrected chi connectivity index (χ4v) is 3.09. The summed E-state index contributed by atoms with van der Waals surface area (Å²) in [6.07, 6.45) is 4.30. The van der Waals surface area contributed by atoms with Crippen LogP contribution >= 0.6 is 11.8 Å². The van der Waals surface area contributed by atoms with Crippen LogP contribution < -0.4 is 10.9 Å². The Labute approximate surface area is 125 Å². The summed E-state index contributed by atoms with van der Waals surface area (Å²) in [4.78, 5) is 31.4. The van der Waals surface area contributed by atoms with E-state index >= 15 is 0 Å². The van der Waals surface area contributed by atoms with Crippen molar-refractivity contribution < 1.29 is 9.21 Å². The van der Waals surface area contributed by atoms with Crippen molar-refractivity contribution in [3.05, 3.63) is 40.1 Å². The lowest BCUT2D eigenvalue weighted by molar-refractivity contribution is -0.116. The molecule has 1 aliphatic heterocycles. The van der Waals surface area contributed by atoms with Crippen LogP contribution in [0.15, 0.2) is 33.0 Å². The maximum Gasteiger partial charge on any atom is 0.257 e. The highest BCUT2D eigenvalue weighted by atomic mass is 32.2. The quantitative estimate of drug-likeness (QED) is 0.668. The van der Waals surface area contributed by atoms with Gasteiger partial charge in [-0.15, -0.1) is 0 Å². The lowest BCUT2D eigenvalue weighted by atomic mass is 9.88. The molecule has 0 saturated heterocycles. The van der Waals surface area contributed by atoms with Crippen LogP contribution in [0.4, 0.5) is 5.82 Å². The molecule has 3 heterocycles. The molecule has 1 amide bonds. The molecular weight excluding hydrogens is 290 g/mol. The number of amides is 1. The van der Waals surface area contributed by atoms with E-state index in [-0.39, 0.29) is 23.8 Å². The topological polar surface area (TPSA) is 88.0 Å². The standard InChI is InChI=1S/C14H15N3O3S/c1-2-5-21-14-16-12-11(13(19)17-14)9(6-10(18)15-12)8-3-4-20-7-8/h3-4,7,9H,2,5-6H2,1H3,(H2,15,16,17,18,19). The SMILES string of the molecule is CCCSc1nc2c(c(=O)[nH]1)C(c1ccoc1)CC(=O)N2. The normalized spacial score (nSPS) is 17.4. The summed E-state index contributed by atoms with van der Waals surface area (Å²) >= 11 is 1.47. The van der Waals surface area contributed by atoms with E-state index in [2.05, 4.69) is 22.2 Å². The Balaban J connectivity index is 2.05. The molecule has 21 heavy (non-hydrogen) atoms. The van der Waals surface area contributed by atoms with Crippen molar-refractivity contribution >= 4 is 23.5 Å². The molecule has 0 saturated carbocycles. The number of aromatic amines is 1. The molecule has 0 spiro atoms. The number of furan rings is 1. The molecule has 0 aliphatic carbocycles. The van der Waals surface area contributed by atoms with Crippen LogP contribution in [0.1, 0.15) is 36.8 Å². The molecular formula is C14H15N3O3S. The second-order valence-corrected chi connectivity index (χ2v) is 5.93. The van der Waals surface area contributed by atoms with Gasteiger partial charge in [-0.25, -0.2) is 4.98 Å². The zero-order valence-electron chi connectivity index (χ0n) is 11.5. The Kier molecular flexibility index (Phi) is 3.83. The Morgan fingerprint density at radius 3 is 3.05 bits per heavy atom. The van der Waals surface area contributed by atoms with Gasteiger partial charge in [-0.3, -0.25) is 9.59 Å². The molecule has 2 aromatic rings. The summed E-state index contributed by atoms with van der Waals surface area (Å²) in [5.41, 5.74) is 1.11. The fraction of sp³-hybridized carbons (Fsp3) is 0.357. The fourth-order valence-electron chi connectivity index (χ4n) is 2.38. The number of carbonyl (C=O) groups excluding carboxylic acids is 1. The first kappa shape index (κ1) is 13.9. The summed E-state index contributed by atoms with van der Waals surface area (Å²) in [5.74, 6) is 0.771. The molecule has 110 valence electrons. The van der Waals surface area contributed by atoms with Gasteiger partial charge in [0.25, 0.3) is 5.56 Å². The first-order chi connectivity index (χ1) is 10.2. The first-order valence-corrected chi connectivity index (χ1v) is 7.76. The monoisotopic (exact) mass is 305 g/mol. The van der Waals surface area contributed by atoms with Crippen molar-refractivity contribution in [3.8, 4) is 0 Å². The molecule has 0 fully saturated rings. The Hall–Kier alpha value is -2.02. The van der Waals surface area contributed by atoms with E-state index in [0.717, 1.165) is 17.7 Å². The molecule has 7 heteroatoms. The molecule has 2 aromatic heterocycles. The largest absolute Gasteiger partial charge is 0.472 e. The van der Waals surface area contributed by atoms with Crippen molar-refractivity contribution in [2.24, 2.45) is 0 Å². The highest BCUT2D eigenvalue weighted by Crippen LogP contribution is 2.34. The number of hydrogen-bond donors (Lipinski definition) is 2. The minimum atomic E-state index is -0.311. The van der Waals surface area contributed by atoms with Crippen molar-refractivity contribution in [2.45, 2.75) is 30.8 Å². The average molecular weight is 305 g/mol. The number of hydrogen-bond acceptors (Lipinski definition) is 5. The average Bonchev–Trinajstić information content (AvgIpc) is 2.97. The molecule has 6 nitrogen and oxygen atoms in total. The van der Waals surface area contributed by atoms with E-state index in [1.165, 1.54) is 18.0 Å². The van der Waals surface area contributed by atoms with Gasteiger partial charge in [0.15, 0.2) is 5.16 Å². The number of rotatable bonds is 4. The zero-order valence-corrected chi connectivity index (χ0v) is 12.3. The number of nitrogens with zero attached hydrogens (tertiary/aromatic N) is 1. The minimum Gasteiger partial charge on any atom is -0.472 e. The van der Waals surface area contributed by atoms with Crippen LogP contribution in [0.3, 0.4) is 0 Å². The van der Waals surface area contributed by atoms with Gasteiger partial charge in [0.05, 0.1) is 18.1 Å². The van der Waals surface area contributed by atoms with Crippen molar-refractivity contribution in [2.75, 3.05) is 11.1 Å². The van der Waals surface area contributed by atoms with Crippen LogP contribution in [-0.4, -0.2) is 21.6 Å². The Morgan fingerprint density at radius 1 is 1.48 bits per heavy atom. The predicted molar refractivity (Wildman–Crippen MR) is 79.7 cm³/mol. The number of fused-ring (bicyclic) bond motifs is 1. The van der Waals surface area contributed by atoms with Crippen molar-refractivity contribution in [3.63, 3.8) is 0 Å². The van der Waals surface area contributed by atoms with Crippen LogP contribution in [0.25, 0.3) is 0 Å². The zero-order chi connectivity index (χ0) is 14.8. The molecule has 0 radical (unpaired) electrons. The van der Waals surface area contributed by atoms with E-state index in [4.69, 9.17) is 4.42 Å². The van der Waals surface area contributed by atoms with E-state index in [1.807, 2.05) is 0 Å². The smallest absolute Gasteiger partial charge is 0.257 e. The third-order valence-corrected chi connectivity index (χ3v) is 4.40. The maximum atomic E-state index is 12.4. The van der Waals surface area contributed by atoms with Gasteiger partial charge in [-0.05, 0) is 18.1 Å². The number of thioether (sulfide) groups is 1. The van der Waals surface area contributed by atoms with Crippen LogP contribution in [0, 0.1) is 0 Å². The molecule has 1 atom stereocenters. The van der Waals surface area contributed by atoms with Crippen LogP contribution in [0.5, 0.6) is 0 Å². The number of aromatic nitrogens is 2. The summed E-state index contributed by atoms with van der Waals surface area (Å²) in [6, 6.07) is 1.77. The summed E-state index contributed by atoms with van der Waals surface area (Å²) in [6.45, 7) is 2.06. The first-order valence-electron chi connectivity index (χ1n) is 6.78. The van der Waals surface area contributed by atoms with Gasteiger partial charge in [0, 0.05) is 18.1 Å². The van der Waals surface area contributed by atoms with E-state index in [1.54, 1.807) is 12.3 Å². The molecule has 0 aromatic carbocycles. The number of nitrogens with one attached hydrogen (secondary N) is 2. The summed E-state index contributed by atoms with van der Waals surface area (Å²) < 4.78 is 5.07. The van der Waals surface area contributed by atoms with Crippen LogP contribution in [0.2, 0.25) is 0 Å². The number of H-pyrrole nitrogens is 1. The molecule has 0 bridgehead atoms. The lowest BCUT2D eigenvalue weighted by Gasteiger charge is -2.23. The van der Waals surface area contributed by atoms with Gasteiger partial charge in [-0.2, -0.15) is 0 Å². The summed E-state index contributed by atoms with van der Waals surface area (Å²) in [7, 11) is 0. The predicted octanol–water partition coefficient (Wildman–Crippen LogP) is 2.34. The Bertz CT molecular complexity index is 709. The van der Waals surface area contributed by atoms with E-state index in [0.29, 0.717) is 16.5 Å². The van der Waals surface area contributed by atoms with Crippen molar-refractivity contribution in [1.82, 2.24) is 9.97 Å². The van der Waals surface area contributed by atoms with Gasteiger partial charge >= 0.3 is 0 Å². The molecule has 1 unspecified atom stereocenters. The van der Waals surface area contributed by atoms with E-state index < -0.39 is 0 Å². The highest BCUT2D eigenvalue weighted by Gasteiger charge is 2.31. The van der Waals surface area contributed by atoms with E-state index in [9.17, 15) is 9.59 Å². The molecule has 3 rings (SSSR count). The lowest BCUT2D eigenvalue weighted by Crippen LogP contribution is -2.31. The van der Waals surface area contributed by atoms with Crippen molar-refractivity contribution in [1.29, 1.82) is 0 Å². The van der Waals surface area contributed by atoms with Gasteiger partial charge in [0.2, 0.25) is 5.91 Å². The third-order valence-electron chi connectivity index (χ3n) is 3.32. The second-order valence-electron chi connectivity index (χ2n) is 4.84. The van der Waals surface area contributed by atoms with Gasteiger partial charge < -0.3 is 14.7 Å². The van der Waals surface area contributed by atoms with Gasteiger partial charge in [-0.1, -0.05) is 18.7 Å². The second kappa shape index (κ2) is 5.77. The molecule has 1 aliphatic rings. The summed E-state index contributed by atoms with van der Waals surface area (Å²) in [5, 5.41) is 3.23. The Morgan fingerprint density at radius 2 is 2.33 bits per heavy atom. The third kappa shape index (κ3) is 2.73. The number of carbonyl (C=O) groups is 1. The molecule has 2 N–H and O–H groups in total. The number of anilines is 1. The van der Waals surface area contributed by atoms with Crippen LogP contribution in [-0.2, 0) is 4.79 Å². The highest BCUT2D eigenvalue weighted by molar-refractivity contribution is 7.99. The minimum absolute atomic E-state index is 0.141. The maximum absolute atomic E-state index is 12.4.